The third-order valence-electron chi connectivity index (χ3n) is 3.08. The van der Waals surface area contributed by atoms with E-state index in [-0.39, 0.29) is 5.41 Å². The molecule has 0 fully saturated rings. The van der Waals surface area contributed by atoms with Crippen molar-refractivity contribution in [1.82, 2.24) is 0 Å². The fourth-order valence-corrected chi connectivity index (χ4v) is 1.89. The number of carbonyl (C=O) groups is 1. The van der Waals surface area contributed by atoms with Crippen molar-refractivity contribution in [2.75, 3.05) is 13.7 Å². The predicted molar refractivity (Wildman–Crippen MR) is 73.7 cm³/mol. The molecule has 0 spiro atoms. The molecule has 4 nitrogen and oxygen atoms in total. The molecule has 0 bridgehead atoms. The number of methoxy groups -OCH3 is 1. The lowest BCUT2D eigenvalue weighted by Crippen LogP contribution is -2.29. The molecule has 0 aliphatic heterocycles. The van der Waals surface area contributed by atoms with Crippen molar-refractivity contribution in [2.24, 2.45) is 11.3 Å². The number of ether oxygens (including phenoxy) is 2. The highest BCUT2D eigenvalue weighted by Gasteiger charge is 2.30. The maximum Gasteiger partial charge on any atom is 0.307 e. The second-order valence-corrected chi connectivity index (χ2v) is 5.57. The van der Waals surface area contributed by atoms with Crippen LogP contribution >= 0.6 is 0 Å². The minimum absolute atomic E-state index is 0.269. The monoisotopic (exact) mass is 266 g/mol. The zero-order valence-electron chi connectivity index (χ0n) is 12.0. The van der Waals surface area contributed by atoms with Gasteiger partial charge in [-0.25, -0.2) is 0 Å². The molecule has 0 aliphatic rings. The Balaban J connectivity index is 2.50. The third kappa shape index (κ3) is 4.81. The average Bonchev–Trinajstić information content (AvgIpc) is 2.33. The fourth-order valence-electron chi connectivity index (χ4n) is 1.89. The Labute approximate surface area is 114 Å². The summed E-state index contributed by atoms with van der Waals surface area (Å²) in [7, 11) is 1.61. The molecular weight excluding hydrogens is 244 g/mol. The summed E-state index contributed by atoms with van der Waals surface area (Å²) >= 11 is 0. The van der Waals surface area contributed by atoms with Crippen molar-refractivity contribution in [3.63, 3.8) is 0 Å². The van der Waals surface area contributed by atoms with Crippen LogP contribution in [0.2, 0.25) is 0 Å². The lowest BCUT2D eigenvalue weighted by molar-refractivity contribution is -0.146. The highest BCUT2D eigenvalue weighted by atomic mass is 16.5. The Kier molecular flexibility index (Phi) is 5.21. The zero-order chi connectivity index (χ0) is 14.5. The van der Waals surface area contributed by atoms with Crippen molar-refractivity contribution >= 4 is 5.97 Å². The number of carboxylic acid groups (broad SMARTS) is 1. The van der Waals surface area contributed by atoms with Gasteiger partial charge < -0.3 is 14.6 Å². The van der Waals surface area contributed by atoms with E-state index >= 15 is 0 Å². The van der Waals surface area contributed by atoms with Crippen LogP contribution in [0.5, 0.6) is 11.5 Å². The van der Waals surface area contributed by atoms with Crippen LogP contribution in [0.4, 0.5) is 0 Å². The van der Waals surface area contributed by atoms with Crippen LogP contribution in [-0.2, 0) is 4.79 Å². The molecule has 0 amide bonds. The maximum atomic E-state index is 11.2. The first-order chi connectivity index (χ1) is 8.84. The molecule has 1 rings (SSSR count). The molecule has 1 N–H and O–H groups in total. The predicted octanol–water partition coefficient (Wildman–Crippen LogP) is 3.21. The number of rotatable bonds is 6. The van der Waals surface area contributed by atoms with Crippen LogP contribution in [0.3, 0.4) is 0 Å². The van der Waals surface area contributed by atoms with Gasteiger partial charge in [0, 0.05) is 0 Å². The molecule has 0 aromatic heterocycles. The Morgan fingerprint density at radius 2 is 1.74 bits per heavy atom. The van der Waals surface area contributed by atoms with Crippen LogP contribution in [0.1, 0.15) is 27.2 Å². The Hall–Kier alpha value is -1.71. The molecule has 0 heterocycles. The summed E-state index contributed by atoms with van der Waals surface area (Å²) in [6, 6.07) is 7.25. The van der Waals surface area contributed by atoms with E-state index in [4.69, 9.17) is 9.47 Å². The first-order valence-electron chi connectivity index (χ1n) is 6.34. The van der Waals surface area contributed by atoms with E-state index in [9.17, 15) is 9.90 Å². The molecule has 19 heavy (non-hydrogen) atoms. The number of aliphatic carboxylic acids is 1. The quantitative estimate of drug-likeness (QED) is 0.859. The molecular formula is C15H22O4. The summed E-state index contributed by atoms with van der Waals surface area (Å²) in [6.45, 7) is 6.18. The van der Waals surface area contributed by atoms with E-state index in [0.717, 1.165) is 11.5 Å². The summed E-state index contributed by atoms with van der Waals surface area (Å²) in [5, 5.41) is 9.20. The molecule has 1 unspecified atom stereocenters. The van der Waals surface area contributed by atoms with Gasteiger partial charge >= 0.3 is 5.97 Å². The van der Waals surface area contributed by atoms with Gasteiger partial charge in [0.1, 0.15) is 11.5 Å². The molecule has 4 heteroatoms. The van der Waals surface area contributed by atoms with Gasteiger partial charge in [0.2, 0.25) is 0 Å². The molecule has 1 aromatic carbocycles. The zero-order valence-corrected chi connectivity index (χ0v) is 12.0. The summed E-state index contributed by atoms with van der Waals surface area (Å²) in [5.41, 5.74) is -0.269. The fraction of sp³-hybridized carbons (Fsp3) is 0.533. The SMILES string of the molecule is COc1ccc(OCCC(C(=O)O)C(C)(C)C)cc1. The minimum Gasteiger partial charge on any atom is -0.497 e. The standard InChI is InChI=1S/C15H22O4/c1-15(2,3)13(14(16)17)9-10-19-12-7-5-11(18-4)6-8-12/h5-8,13H,9-10H2,1-4H3,(H,16,17). The normalized spacial score (nSPS) is 12.8. The van der Waals surface area contributed by atoms with Gasteiger partial charge in [-0.05, 0) is 36.1 Å². The maximum absolute atomic E-state index is 11.2. The number of benzene rings is 1. The van der Waals surface area contributed by atoms with Gasteiger partial charge in [-0.1, -0.05) is 20.8 Å². The van der Waals surface area contributed by atoms with E-state index in [1.54, 1.807) is 7.11 Å². The Morgan fingerprint density at radius 3 is 2.16 bits per heavy atom. The van der Waals surface area contributed by atoms with Crippen molar-refractivity contribution in [3.8, 4) is 11.5 Å². The first-order valence-corrected chi connectivity index (χ1v) is 6.34. The number of hydrogen-bond donors (Lipinski definition) is 1. The summed E-state index contributed by atoms with van der Waals surface area (Å²) < 4.78 is 10.6. The van der Waals surface area contributed by atoms with E-state index in [1.807, 2.05) is 45.0 Å². The highest BCUT2D eigenvalue weighted by Crippen LogP contribution is 2.29. The molecule has 0 aliphatic carbocycles. The van der Waals surface area contributed by atoms with Crippen LogP contribution in [0, 0.1) is 11.3 Å². The smallest absolute Gasteiger partial charge is 0.307 e. The molecule has 1 aromatic rings. The van der Waals surface area contributed by atoms with Crippen LogP contribution in [-0.4, -0.2) is 24.8 Å². The van der Waals surface area contributed by atoms with Gasteiger partial charge in [0.05, 0.1) is 19.6 Å². The second-order valence-electron chi connectivity index (χ2n) is 5.57. The summed E-state index contributed by atoms with van der Waals surface area (Å²) in [6.07, 6.45) is 0.491. The highest BCUT2D eigenvalue weighted by molar-refractivity contribution is 5.70. The van der Waals surface area contributed by atoms with Crippen molar-refractivity contribution in [3.05, 3.63) is 24.3 Å². The van der Waals surface area contributed by atoms with Gasteiger partial charge in [0.25, 0.3) is 0 Å². The van der Waals surface area contributed by atoms with Gasteiger partial charge in [-0.2, -0.15) is 0 Å². The lowest BCUT2D eigenvalue weighted by Gasteiger charge is -2.26. The van der Waals surface area contributed by atoms with Gasteiger partial charge in [-0.15, -0.1) is 0 Å². The van der Waals surface area contributed by atoms with Crippen LogP contribution in [0.25, 0.3) is 0 Å². The Bertz CT molecular complexity index is 403. The van der Waals surface area contributed by atoms with Crippen LogP contribution in [0.15, 0.2) is 24.3 Å². The number of carboxylic acids is 1. The van der Waals surface area contributed by atoms with Gasteiger partial charge in [-0.3, -0.25) is 4.79 Å². The van der Waals surface area contributed by atoms with Crippen molar-refractivity contribution in [2.45, 2.75) is 27.2 Å². The molecule has 106 valence electrons. The second kappa shape index (κ2) is 6.45. The molecule has 0 saturated heterocycles. The van der Waals surface area contributed by atoms with E-state index < -0.39 is 11.9 Å². The summed E-state index contributed by atoms with van der Waals surface area (Å²) in [4.78, 5) is 11.2. The van der Waals surface area contributed by atoms with Gasteiger partial charge in [0.15, 0.2) is 0 Å². The van der Waals surface area contributed by atoms with Crippen LogP contribution < -0.4 is 9.47 Å². The van der Waals surface area contributed by atoms with E-state index in [2.05, 4.69) is 0 Å². The molecule has 1 atom stereocenters. The average molecular weight is 266 g/mol. The van der Waals surface area contributed by atoms with E-state index in [0.29, 0.717) is 13.0 Å². The molecule has 0 saturated carbocycles. The number of hydrogen-bond acceptors (Lipinski definition) is 3. The van der Waals surface area contributed by atoms with Crippen molar-refractivity contribution in [1.29, 1.82) is 0 Å². The lowest BCUT2D eigenvalue weighted by atomic mass is 9.79. The Morgan fingerprint density at radius 1 is 1.21 bits per heavy atom. The van der Waals surface area contributed by atoms with Crippen molar-refractivity contribution < 1.29 is 19.4 Å². The minimum atomic E-state index is -0.772. The van der Waals surface area contributed by atoms with E-state index in [1.165, 1.54) is 0 Å². The summed E-state index contributed by atoms with van der Waals surface area (Å²) in [5.74, 6) is 0.306. The first kappa shape index (κ1) is 15.3. The molecule has 0 radical (unpaired) electrons. The topological polar surface area (TPSA) is 55.8 Å². The third-order valence-corrected chi connectivity index (χ3v) is 3.08. The largest absolute Gasteiger partial charge is 0.497 e.